The lowest BCUT2D eigenvalue weighted by Crippen LogP contribution is -2.08. The van der Waals surface area contributed by atoms with Gasteiger partial charge in [0.05, 0.1) is 5.69 Å². The number of aromatic nitrogens is 1. The average Bonchev–Trinajstić information content (AvgIpc) is 2.34. The highest BCUT2D eigenvalue weighted by Gasteiger charge is 2.07. The smallest absolute Gasteiger partial charge is 0.222 e. The first-order chi connectivity index (χ1) is 4.74. The molecule has 0 spiro atoms. The molecule has 1 heterocycles. The topological polar surface area (TPSA) is 78.1 Å². The summed E-state index contributed by atoms with van der Waals surface area (Å²) in [6.07, 6.45) is 0. The molecule has 1 atom stereocenters. The maximum Gasteiger partial charge on any atom is 0.222 e. The molecule has 1 aromatic heterocycles. The molecular formula is C6H11N3O. The molecule has 4 N–H and O–H groups in total. The zero-order valence-electron chi connectivity index (χ0n) is 5.87. The Balaban J connectivity index is 2.74. The lowest BCUT2D eigenvalue weighted by Gasteiger charge is -1.99. The summed E-state index contributed by atoms with van der Waals surface area (Å²) in [4.78, 5) is 0. The van der Waals surface area contributed by atoms with E-state index in [4.69, 9.17) is 11.5 Å². The van der Waals surface area contributed by atoms with Gasteiger partial charge in [0.25, 0.3) is 0 Å². The molecule has 0 aromatic carbocycles. The Labute approximate surface area is 59.2 Å². The molecule has 1 unspecified atom stereocenters. The molecule has 4 nitrogen and oxygen atoms in total. The van der Waals surface area contributed by atoms with Gasteiger partial charge in [-0.2, -0.15) is 0 Å². The van der Waals surface area contributed by atoms with Crippen LogP contribution in [0.1, 0.15) is 18.5 Å². The lowest BCUT2D eigenvalue weighted by atomic mass is 10.1. The van der Waals surface area contributed by atoms with Crippen LogP contribution in [0, 0.1) is 0 Å². The Kier molecular flexibility index (Phi) is 1.91. The predicted molar refractivity (Wildman–Crippen MR) is 38.4 cm³/mol. The molecule has 0 saturated heterocycles. The van der Waals surface area contributed by atoms with Crippen molar-refractivity contribution in [3.63, 3.8) is 0 Å². The maximum absolute atomic E-state index is 5.39. The molecule has 0 aliphatic rings. The molecule has 1 rings (SSSR count). The monoisotopic (exact) mass is 141 g/mol. The second-order valence-electron chi connectivity index (χ2n) is 2.29. The highest BCUT2D eigenvalue weighted by atomic mass is 16.5. The van der Waals surface area contributed by atoms with Crippen molar-refractivity contribution in [2.75, 3.05) is 12.3 Å². The third-order valence-electron chi connectivity index (χ3n) is 1.41. The minimum absolute atomic E-state index is 0.223. The van der Waals surface area contributed by atoms with E-state index in [1.54, 1.807) is 6.07 Å². The first-order valence-electron chi connectivity index (χ1n) is 3.16. The van der Waals surface area contributed by atoms with E-state index in [2.05, 4.69) is 9.68 Å². The molecule has 0 aliphatic heterocycles. The van der Waals surface area contributed by atoms with Gasteiger partial charge in [-0.15, -0.1) is 0 Å². The molecule has 0 aliphatic carbocycles. The van der Waals surface area contributed by atoms with Crippen molar-refractivity contribution < 1.29 is 4.52 Å². The second-order valence-corrected chi connectivity index (χ2v) is 2.29. The number of hydrogen-bond donors (Lipinski definition) is 2. The Morgan fingerprint density at radius 1 is 1.80 bits per heavy atom. The lowest BCUT2D eigenvalue weighted by molar-refractivity contribution is 0.422. The number of anilines is 1. The molecule has 4 heteroatoms. The van der Waals surface area contributed by atoms with Crippen molar-refractivity contribution >= 4 is 5.88 Å². The summed E-state index contributed by atoms with van der Waals surface area (Å²) in [6.45, 7) is 2.53. The number of nitrogen functional groups attached to an aromatic ring is 1. The molecule has 0 amide bonds. The van der Waals surface area contributed by atoms with Gasteiger partial charge in [-0.25, -0.2) is 0 Å². The third-order valence-corrected chi connectivity index (χ3v) is 1.41. The van der Waals surface area contributed by atoms with Gasteiger partial charge in [0.1, 0.15) is 0 Å². The Bertz CT molecular complexity index is 209. The van der Waals surface area contributed by atoms with Crippen LogP contribution in [0.5, 0.6) is 0 Å². The number of rotatable bonds is 2. The predicted octanol–water partition coefficient (Wildman–Crippen LogP) is 0.319. The molecule has 56 valence electrons. The molecule has 0 saturated carbocycles. The first kappa shape index (κ1) is 7.08. The largest absolute Gasteiger partial charge is 0.368 e. The van der Waals surface area contributed by atoms with Gasteiger partial charge in [0, 0.05) is 18.5 Å². The number of nitrogens with two attached hydrogens (primary N) is 2. The van der Waals surface area contributed by atoms with Gasteiger partial charge in [-0.3, -0.25) is 0 Å². The van der Waals surface area contributed by atoms with Gasteiger partial charge in [-0.05, 0) is 0 Å². The standard InChI is InChI=1S/C6H11N3O/c1-4(3-7)5-2-6(8)10-9-5/h2,4H,3,7-8H2,1H3. The van der Waals surface area contributed by atoms with Crippen molar-refractivity contribution in [2.24, 2.45) is 5.73 Å². The van der Waals surface area contributed by atoms with Crippen molar-refractivity contribution in [2.45, 2.75) is 12.8 Å². The zero-order valence-corrected chi connectivity index (χ0v) is 5.87. The molecule has 1 aromatic rings. The van der Waals surface area contributed by atoms with Crippen LogP contribution in [0.15, 0.2) is 10.6 Å². The summed E-state index contributed by atoms with van der Waals surface area (Å²) in [6, 6.07) is 1.69. The summed E-state index contributed by atoms with van der Waals surface area (Å²) in [5.41, 5.74) is 11.5. The van der Waals surface area contributed by atoms with Crippen molar-refractivity contribution in [3.8, 4) is 0 Å². The minimum Gasteiger partial charge on any atom is -0.368 e. The quantitative estimate of drug-likeness (QED) is 0.621. The minimum atomic E-state index is 0.223. The van der Waals surface area contributed by atoms with Crippen LogP contribution >= 0.6 is 0 Å². The van der Waals surface area contributed by atoms with Crippen LogP contribution in [0.2, 0.25) is 0 Å². The maximum atomic E-state index is 5.39. The third kappa shape index (κ3) is 1.27. The van der Waals surface area contributed by atoms with Crippen molar-refractivity contribution in [1.29, 1.82) is 0 Å². The van der Waals surface area contributed by atoms with Gasteiger partial charge in [-0.1, -0.05) is 12.1 Å². The molecule has 0 radical (unpaired) electrons. The SMILES string of the molecule is CC(CN)c1cc(N)on1. The van der Waals surface area contributed by atoms with Crippen molar-refractivity contribution in [1.82, 2.24) is 5.16 Å². The Hall–Kier alpha value is -1.03. The Morgan fingerprint density at radius 3 is 2.90 bits per heavy atom. The molecule has 0 bridgehead atoms. The zero-order chi connectivity index (χ0) is 7.56. The summed E-state index contributed by atoms with van der Waals surface area (Å²) in [5.74, 6) is 0.566. The van der Waals surface area contributed by atoms with E-state index in [1.165, 1.54) is 0 Å². The Morgan fingerprint density at radius 2 is 2.50 bits per heavy atom. The molecule has 0 fully saturated rings. The highest BCUT2D eigenvalue weighted by molar-refractivity contribution is 5.26. The molecule has 10 heavy (non-hydrogen) atoms. The fraction of sp³-hybridized carbons (Fsp3) is 0.500. The van der Waals surface area contributed by atoms with Crippen LogP contribution in [0.4, 0.5) is 5.88 Å². The normalized spacial score (nSPS) is 13.4. The highest BCUT2D eigenvalue weighted by Crippen LogP contribution is 2.14. The summed E-state index contributed by atoms with van der Waals surface area (Å²) < 4.78 is 4.66. The fourth-order valence-corrected chi connectivity index (χ4v) is 0.657. The average molecular weight is 141 g/mol. The summed E-state index contributed by atoms with van der Waals surface area (Å²) >= 11 is 0. The van der Waals surface area contributed by atoms with Gasteiger partial charge in [0.15, 0.2) is 0 Å². The summed E-state index contributed by atoms with van der Waals surface area (Å²) in [7, 11) is 0. The van der Waals surface area contributed by atoms with E-state index in [0.29, 0.717) is 12.4 Å². The van der Waals surface area contributed by atoms with E-state index in [9.17, 15) is 0 Å². The summed E-state index contributed by atoms with van der Waals surface area (Å²) in [5, 5.41) is 3.71. The van der Waals surface area contributed by atoms with E-state index in [0.717, 1.165) is 5.69 Å². The fourth-order valence-electron chi connectivity index (χ4n) is 0.657. The van der Waals surface area contributed by atoms with Crippen molar-refractivity contribution in [3.05, 3.63) is 11.8 Å². The second kappa shape index (κ2) is 2.70. The number of nitrogens with zero attached hydrogens (tertiary/aromatic N) is 1. The van der Waals surface area contributed by atoms with Crippen LogP contribution < -0.4 is 11.5 Å². The van der Waals surface area contributed by atoms with Crippen LogP contribution in [0.25, 0.3) is 0 Å². The van der Waals surface area contributed by atoms with Crippen LogP contribution in [-0.2, 0) is 0 Å². The van der Waals surface area contributed by atoms with Crippen LogP contribution in [0.3, 0.4) is 0 Å². The molecular weight excluding hydrogens is 130 g/mol. The van der Waals surface area contributed by atoms with E-state index < -0.39 is 0 Å². The van der Waals surface area contributed by atoms with Gasteiger partial charge in [0.2, 0.25) is 5.88 Å². The van der Waals surface area contributed by atoms with E-state index in [-0.39, 0.29) is 5.92 Å². The van der Waals surface area contributed by atoms with Gasteiger partial charge < -0.3 is 16.0 Å². The van der Waals surface area contributed by atoms with Gasteiger partial charge >= 0.3 is 0 Å². The van der Waals surface area contributed by atoms with E-state index >= 15 is 0 Å². The number of hydrogen-bond acceptors (Lipinski definition) is 4. The first-order valence-corrected chi connectivity index (χ1v) is 3.16. The van der Waals surface area contributed by atoms with Crippen LogP contribution in [-0.4, -0.2) is 11.7 Å². The van der Waals surface area contributed by atoms with E-state index in [1.807, 2.05) is 6.92 Å².